The second-order valence-corrected chi connectivity index (χ2v) is 2.81. The minimum absolute atomic E-state index is 0.365. The van der Waals surface area contributed by atoms with E-state index in [0.717, 1.165) is 0 Å². The maximum absolute atomic E-state index is 11.2. The van der Waals surface area contributed by atoms with E-state index in [4.69, 9.17) is 10.5 Å². The fourth-order valence-electron chi connectivity index (χ4n) is 0.892. The van der Waals surface area contributed by atoms with Gasteiger partial charge < -0.3 is 15.8 Å². The minimum Gasteiger partial charge on any atom is -0.462 e. The summed E-state index contributed by atoms with van der Waals surface area (Å²) in [4.78, 5) is 11.2. The monoisotopic (exact) mass is 210 g/mol. The van der Waals surface area contributed by atoms with Crippen molar-refractivity contribution in [1.29, 1.82) is 0 Å². The van der Waals surface area contributed by atoms with E-state index < -0.39 is 0 Å². The lowest BCUT2D eigenvalue weighted by atomic mass is 10.2. The predicted molar refractivity (Wildman–Crippen MR) is 61.8 cm³/mol. The Kier molecular flexibility index (Phi) is 7.01. The number of rotatable bonds is 2. The second kappa shape index (κ2) is 7.82. The predicted octanol–water partition coefficient (Wildman–Crippen LogP) is 1.28. The van der Waals surface area contributed by atoms with Crippen LogP contribution in [0, 0.1) is 0 Å². The molecule has 0 saturated heterocycles. The summed E-state index contributed by atoms with van der Waals surface area (Å²) in [7, 11) is 3.75. The summed E-state index contributed by atoms with van der Waals surface area (Å²) < 4.78 is 4.79. The van der Waals surface area contributed by atoms with Gasteiger partial charge in [0, 0.05) is 5.69 Å². The summed E-state index contributed by atoms with van der Waals surface area (Å²) in [6.45, 7) is 2.13. The summed E-state index contributed by atoms with van der Waals surface area (Å²) in [6, 6.07) is 6.85. The zero-order chi connectivity index (χ0) is 11.7. The Morgan fingerprint density at radius 1 is 1.40 bits per heavy atom. The molecular weight excluding hydrogens is 192 g/mol. The summed E-state index contributed by atoms with van der Waals surface area (Å²) >= 11 is 0. The van der Waals surface area contributed by atoms with Gasteiger partial charge >= 0.3 is 5.97 Å². The molecule has 1 aromatic rings. The quantitative estimate of drug-likeness (QED) is 0.570. The minimum atomic E-state index is -0.365. The molecule has 0 aliphatic heterocycles. The Morgan fingerprint density at radius 2 is 1.93 bits per heavy atom. The Balaban J connectivity index is 0.000000583. The van der Waals surface area contributed by atoms with Gasteiger partial charge in [-0.3, -0.25) is 0 Å². The summed E-state index contributed by atoms with van der Waals surface area (Å²) in [6.07, 6.45) is 0. The van der Waals surface area contributed by atoms with Crippen molar-refractivity contribution >= 4 is 11.7 Å². The van der Waals surface area contributed by atoms with E-state index in [2.05, 4.69) is 5.32 Å². The van der Waals surface area contributed by atoms with E-state index in [1.165, 1.54) is 0 Å². The molecule has 15 heavy (non-hydrogen) atoms. The van der Waals surface area contributed by atoms with Crippen LogP contribution in [0.2, 0.25) is 0 Å². The van der Waals surface area contributed by atoms with Crippen LogP contribution in [0.15, 0.2) is 24.3 Å². The molecule has 1 rings (SSSR count). The number of nitrogen functional groups attached to an aromatic ring is 1. The summed E-state index contributed by atoms with van der Waals surface area (Å²) in [5, 5.41) is 2.75. The first-order valence-electron chi connectivity index (χ1n) is 4.77. The molecule has 0 unspecified atom stereocenters. The van der Waals surface area contributed by atoms with Gasteiger partial charge in [-0.25, -0.2) is 4.79 Å². The number of hydrogen-bond acceptors (Lipinski definition) is 4. The highest BCUT2D eigenvalue weighted by molar-refractivity contribution is 5.94. The second-order valence-electron chi connectivity index (χ2n) is 2.81. The molecule has 0 aromatic heterocycles. The lowest BCUT2D eigenvalue weighted by Crippen LogP contribution is -2.07. The normalized spacial score (nSPS) is 8.73. The lowest BCUT2D eigenvalue weighted by Gasteiger charge is -2.03. The number of carbonyl (C=O) groups is 1. The molecule has 0 aliphatic carbocycles. The first-order valence-corrected chi connectivity index (χ1v) is 4.77. The van der Waals surface area contributed by atoms with Gasteiger partial charge in [0.2, 0.25) is 0 Å². The lowest BCUT2D eigenvalue weighted by molar-refractivity contribution is 0.0527. The zero-order valence-electron chi connectivity index (χ0n) is 9.41. The number of para-hydroxylation sites is 1. The molecule has 0 bridgehead atoms. The molecule has 1 aromatic carbocycles. The van der Waals surface area contributed by atoms with Crippen LogP contribution in [0.5, 0.6) is 0 Å². The van der Waals surface area contributed by atoms with E-state index in [1.807, 2.05) is 14.1 Å². The van der Waals surface area contributed by atoms with Gasteiger partial charge in [0.05, 0.1) is 12.2 Å². The number of anilines is 1. The number of esters is 1. The fraction of sp³-hybridized carbons (Fsp3) is 0.364. The van der Waals surface area contributed by atoms with Crippen LogP contribution in [-0.4, -0.2) is 26.7 Å². The fourth-order valence-corrected chi connectivity index (χ4v) is 0.892. The third kappa shape index (κ3) is 5.02. The van der Waals surface area contributed by atoms with Crippen LogP contribution < -0.4 is 11.1 Å². The highest BCUT2D eigenvalue weighted by Gasteiger charge is 2.08. The van der Waals surface area contributed by atoms with Crippen molar-refractivity contribution in [3.63, 3.8) is 0 Å². The van der Waals surface area contributed by atoms with E-state index >= 15 is 0 Å². The van der Waals surface area contributed by atoms with Crippen molar-refractivity contribution in [2.24, 2.45) is 0 Å². The Morgan fingerprint density at radius 3 is 2.40 bits per heavy atom. The maximum Gasteiger partial charge on any atom is 0.340 e. The molecule has 84 valence electrons. The molecule has 0 radical (unpaired) electrons. The average Bonchev–Trinajstić information content (AvgIpc) is 2.20. The smallest absolute Gasteiger partial charge is 0.340 e. The molecule has 4 heteroatoms. The van der Waals surface area contributed by atoms with Crippen molar-refractivity contribution in [1.82, 2.24) is 5.32 Å². The Hall–Kier alpha value is -1.55. The number of carbonyl (C=O) groups excluding carboxylic acids is 1. The third-order valence-corrected chi connectivity index (χ3v) is 1.46. The van der Waals surface area contributed by atoms with Crippen LogP contribution in [0.4, 0.5) is 5.69 Å². The average molecular weight is 210 g/mol. The van der Waals surface area contributed by atoms with Gasteiger partial charge in [0.25, 0.3) is 0 Å². The van der Waals surface area contributed by atoms with Crippen LogP contribution in [0.3, 0.4) is 0 Å². The van der Waals surface area contributed by atoms with Crippen molar-refractivity contribution in [2.45, 2.75) is 6.92 Å². The topological polar surface area (TPSA) is 64.3 Å². The SMILES string of the molecule is CCOC(=O)c1ccccc1N.CNC. The van der Waals surface area contributed by atoms with E-state index in [1.54, 1.807) is 31.2 Å². The third-order valence-electron chi connectivity index (χ3n) is 1.46. The maximum atomic E-state index is 11.2. The first kappa shape index (κ1) is 13.4. The Labute approximate surface area is 90.4 Å². The Bertz CT molecular complexity index is 300. The van der Waals surface area contributed by atoms with Gasteiger partial charge in [-0.2, -0.15) is 0 Å². The number of hydrogen-bond donors (Lipinski definition) is 2. The molecule has 0 spiro atoms. The van der Waals surface area contributed by atoms with Crippen molar-refractivity contribution in [2.75, 3.05) is 26.4 Å². The van der Waals surface area contributed by atoms with Gasteiger partial charge in [0.15, 0.2) is 0 Å². The van der Waals surface area contributed by atoms with Crippen LogP contribution in [0.25, 0.3) is 0 Å². The summed E-state index contributed by atoms with van der Waals surface area (Å²) in [5.41, 5.74) is 6.44. The number of benzene rings is 1. The standard InChI is InChI=1S/C9H11NO2.C2H7N/c1-2-12-9(11)7-5-3-4-6-8(7)10;1-3-2/h3-6H,2,10H2,1H3;3H,1-2H3. The van der Waals surface area contributed by atoms with E-state index in [-0.39, 0.29) is 5.97 Å². The van der Waals surface area contributed by atoms with Gasteiger partial charge in [-0.05, 0) is 33.2 Å². The molecular formula is C11H18N2O2. The van der Waals surface area contributed by atoms with Gasteiger partial charge in [-0.15, -0.1) is 0 Å². The highest BCUT2D eigenvalue weighted by Crippen LogP contribution is 2.11. The highest BCUT2D eigenvalue weighted by atomic mass is 16.5. The van der Waals surface area contributed by atoms with Crippen molar-refractivity contribution < 1.29 is 9.53 Å². The molecule has 3 N–H and O–H groups in total. The van der Waals surface area contributed by atoms with Crippen molar-refractivity contribution in [3.05, 3.63) is 29.8 Å². The van der Waals surface area contributed by atoms with Gasteiger partial charge in [-0.1, -0.05) is 12.1 Å². The van der Waals surface area contributed by atoms with Crippen LogP contribution in [0.1, 0.15) is 17.3 Å². The van der Waals surface area contributed by atoms with Gasteiger partial charge in [0.1, 0.15) is 0 Å². The van der Waals surface area contributed by atoms with Crippen molar-refractivity contribution in [3.8, 4) is 0 Å². The van der Waals surface area contributed by atoms with Crippen LogP contribution in [-0.2, 0) is 4.74 Å². The zero-order valence-corrected chi connectivity index (χ0v) is 9.41. The largest absolute Gasteiger partial charge is 0.462 e. The van der Waals surface area contributed by atoms with E-state index in [0.29, 0.717) is 17.9 Å². The van der Waals surface area contributed by atoms with E-state index in [9.17, 15) is 4.79 Å². The summed E-state index contributed by atoms with van der Waals surface area (Å²) in [5.74, 6) is -0.365. The molecule has 0 atom stereocenters. The number of ether oxygens (including phenoxy) is 1. The molecule has 0 saturated carbocycles. The molecule has 0 aliphatic rings. The molecule has 0 amide bonds. The first-order chi connectivity index (χ1) is 7.17. The molecule has 0 heterocycles. The van der Waals surface area contributed by atoms with Crippen LogP contribution >= 0.6 is 0 Å². The molecule has 0 fully saturated rings. The molecule has 4 nitrogen and oxygen atoms in total. The number of nitrogens with one attached hydrogen (secondary N) is 1. The number of nitrogens with two attached hydrogens (primary N) is 1.